The minimum absolute atomic E-state index is 0.0551. The molecule has 2 N–H and O–H groups in total. The molecule has 6 heteroatoms. The highest BCUT2D eigenvalue weighted by Crippen LogP contribution is 2.30. The first-order chi connectivity index (χ1) is 10.1. The molecular weight excluding hydrogens is 270 g/mol. The minimum atomic E-state index is -0.0551. The van der Waals surface area contributed by atoms with E-state index in [0.717, 1.165) is 18.4 Å². The summed E-state index contributed by atoms with van der Waals surface area (Å²) in [5, 5.41) is 3.88. The van der Waals surface area contributed by atoms with Crippen molar-refractivity contribution in [2.24, 2.45) is 5.73 Å². The number of aromatic nitrogens is 2. The second-order valence-electron chi connectivity index (χ2n) is 4.84. The van der Waals surface area contributed by atoms with Crippen LogP contribution in [0.5, 0.6) is 11.5 Å². The van der Waals surface area contributed by atoms with Crippen molar-refractivity contribution in [3.63, 3.8) is 0 Å². The lowest BCUT2D eigenvalue weighted by Crippen LogP contribution is -2.06. The van der Waals surface area contributed by atoms with Crippen LogP contribution in [0.15, 0.2) is 22.7 Å². The van der Waals surface area contributed by atoms with Gasteiger partial charge in [0.15, 0.2) is 23.9 Å². The fraction of sp³-hybridized carbons (Fsp3) is 0.467. The molecule has 1 atom stereocenters. The van der Waals surface area contributed by atoms with Crippen LogP contribution in [0.2, 0.25) is 0 Å². The maximum Gasteiger partial charge on any atom is 0.264 e. The number of benzene rings is 1. The Morgan fingerprint density at radius 1 is 1.33 bits per heavy atom. The molecule has 1 aromatic heterocycles. The second-order valence-corrected chi connectivity index (χ2v) is 4.84. The highest BCUT2D eigenvalue weighted by atomic mass is 16.5. The van der Waals surface area contributed by atoms with Crippen molar-refractivity contribution in [1.82, 2.24) is 10.1 Å². The Balaban J connectivity index is 2.04. The lowest BCUT2D eigenvalue weighted by atomic mass is 10.1. The summed E-state index contributed by atoms with van der Waals surface area (Å²) >= 11 is 0. The van der Waals surface area contributed by atoms with Crippen LogP contribution in [0.3, 0.4) is 0 Å². The summed E-state index contributed by atoms with van der Waals surface area (Å²) in [6.07, 6.45) is 1.78. The summed E-state index contributed by atoms with van der Waals surface area (Å²) in [5.41, 5.74) is 6.84. The van der Waals surface area contributed by atoms with E-state index in [2.05, 4.69) is 17.1 Å². The average molecular weight is 291 g/mol. The largest absolute Gasteiger partial charge is 0.493 e. The zero-order valence-corrected chi connectivity index (χ0v) is 12.6. The highest BCUT2D eigenvalue weighted by Gasteiger charge is 2.11. The smallest absolute Gasteiger partial charge is 0.264 e. The molecular formula is C15H21N3O3. The van der Waals surface area contributed by atoms with E-state index in [4.69, 9.17) is 19.7 Å². The fourth-order valence-corrected chi connectivity index (χ4v) is 1.90. The van der Waals surface area contributed by atoms with Crippen molar-refractivity contribution in [1.29, 1.82) is 0 Å². The molecule has 114 valence electrons. The summed E-state index contributed by atoms with van der Waals surface area (Å²) in [6.45, 7) is 4.20. The summed E-state index contributed by atoms with van der Waals surface area (Å²) in [7, 11) is 1.60. The first-order valence-electron chi connectivity index (χ1n) is 7.01. The van der Waals surface area contributed by atoms with Crippen LogP contribution in [-0.2, 0) is 13.0 Å². The Labute approximate surface area is 124 Å². The Hall–Kier alpha value is -2.08. The molecule has 1 unspecified atom stereocenters. The molecule has 1 heterocycles. The molecule has 0 aliphatic heterocycles. The van der Waals surface area contributed by atoms with E-state index in [1.54, 1.807) is 7.11 Å². The Morgan fingerprint density at radius 2 is 2.14 bits per heavy atom. The number of hydrogen-bond donors (Lipinski definition) is 1. The van der Waals surface area contributed by atoms with Gasteiger partial charge in [0.25, 0.3) is 5.89 Å². The van der Waals surface area contributed by atoms with Gasteiger partial charge in [0.2, 0.25) is 0 Å². The van der Waals surface area contributed by atoms with Crippen LogP contribution in [0.1, 0.15) is 43.6 Å². The van der Waals surface area contributed by atoms with Crippen molar-refractivity contribution < 1.29 is 14.0 Å². The van der Waals surface area contributed by atoms with E-state index >= 15 is 0 Å². The minimum Gasteiger partial charge on any atom is -0.493 e. The van der Waals surface area contributed by atoms with Gasteiger partial charge in [-0.15, -0.1) is 0 Å². The average Bonchev–Trinajstić information content (AvgIpc) is 2.93. The van der Waals surface area contributed by atoms with Gasteiger partial charge in [-0.25, -0.2) is 0 Å². The van der Waals surface area contributed by atoms with Crippen molar-refractivity contribution in [3.8, 4) is 11.5 Å². The third-order valence-corrected chi connectivity index (χ3v) is 3.05. The molecule has 0 saturated heterocycles. The lowest BCUT2D eigenvalue weighted by molar-refractivity contribution is 0.233. The molecule has 0 fully saturated rings. The van der Waals surface area contributed by atoms with Crippen LogP contribution >= 0.6 is 0 Å². The molecule has 2 aromatic rings. The molecule has 2 rings (SSSR count). The first-order valence-corrected chi connectivity index (χ1v) is 7.01. The van der Waals surface area contributed by atoms with E-state index in [9.17, 15) is 0 Å². The number of hydrogen-bond acceptors (Lipinski definition) is 6. The number of rotatable bonds is 7. The molecule has 1 aromatic carbocycles. The van der Waals surface area contributed by atoms with Crippen LogP contribution in [-0.4, -0.2) is 17.3 Å². The Bertz CT molecular complexity index is 581. The van der Waals surface area contributed by atoms with Gasteiger partial charge < -0.3 is 19.7 Å². The van der Waals surface area contributed by atoms with Crippen LogP contribution in [0.4, 0.5) is 0 Å². The Kier molecular flexibility index (Phi) is 5.16. The molecule has 0 aliphatic carbocycles. The summed E-state index contributed by atoms with van der Waals surface area (Å²) in [6, 6.07) is 5.57. The third kappa shape index (κ3) is 3.95. The molecule has 0 bridgehead atoms. The predicted octanol–water partition coefficient (Wildman–Crippen LogP) is 2.63. The van der Waals surface area contributed by atoms with E-state index in [1.807, 2.05) is 25.1 Å². The molecule has 0 radical (unpaired) electrons. The van der Waals surface area contributed by atoms with Crippen molar-refractivity contribution in [2.45, 2.75) is 39.3 Å². The topological polar surface area (TPSA) is 83.4 Å². The molecule has 0 spiro atoms. The molecule has 0 aliphatic rings. The lowest BCUT2D eigenvalue weighted by Gasteiger charge is -2.12. The van der Waals surface area contributed by atoms with Crippen molar-refractivity contribution in [2.75, 3.05) is 7.11 Å². The molecule has 0 amide bonds. The SMILES string of the molecule is CCCc1noc(COc2ccc(C(C)N)cc2OC)n1. The van der Waals surface area contributed by atoms with Crippen molar-refractivity contribution in [3.05, 3.63) is 35.5 Å². The van der Waals surface area contributed by atoms with Crippen LogP contribution in [0.25, 0.3) is 0 Å². The van der Waals surface area contributed by atoms with Crippen LogP contribution in [0, 0.1) is 0 Å². The summed E-state index contributed by atoms with van der Waals surface area (Å²) in [5.74, 6) is 2.42. The van der Waals surface area contributed by atoms with Gasteiger partial charge >= 0.3 is 0 Å². The van der Waals surface area contributed by atoms with Gasteiger partial charge in [-0.1, -0.05) is 18.1 Å². The van der Waals surface area contributed by atoms with Gasteiger partial charge in [-0.3, -0.25) is 0 Å². The highest BCUT2D eigenvalue weighted by molar-refractivity contribution is 5.43. The number of aryl methyl sites for hydroxylation is 1. The number of ether oxygens (including phenoxy) is 2. The zero-order chi connectivity index (χ0) is 15.2. The summed E-state index contributed by atoms with van der Waals surface area (Å²) < 4.78 is 16.1. The van der Waals surface area contributed by atoms with Crippen molar-refractivity contribution >= 4 is 0 Å². The van der Waals surface area contributed by atoms with Gasteiger partial charge in [0, 0.05) is 12.5 Å². The number of methoxy groups -OCH3 is 1. The normalized spacial score (nSPS) is 12.2. The third-order valence-electron chi connectivity index (χ3n) is 3.05. The second kappa shape index (κ2) is 7.08. The summed E-state index contributed by atoms with van der Waals surface area (Å²) in [4.78, 5) is 4.25. The van der Waals surface area contributed by atoms with Gasteiger partial charge in [-0.2, -0.15) is 4.98 Å². The molecule has 0 saturated carbocycles. The van der Waals surface area contributed by atoms with Gasteiger partial charge in [0.1, 0.15) is 0 Å². The maximum absolute atomic E-state index is 5.85. The quantitative estimate of drug-likeness (QED) is 0.844. The van der Waals surface area contributed by atoms with Gasteiger partial charge in [-0.05, 0) is 31.0 Å². The standard InChI is InChI=1S/C15H21N3O3/c1-4-5-14-17-15(21-18-14)9-20-12-7-6-11(10(2)16)8-13(12)19-3/h6-8,10H,4-5,9,16H2,1-3H3. The number of nitrogens with zero attached hydrogens (tertiary/aromatic N) is 2. The Morgan fingerprint density at radius 3 is 2.81 bits per heavy atom. The predicted molar refractivity (Wildman–Crippen MR) is 78.2 cm³/mol. The fourth-order valence-electron chi connectivity index (χ4n) is 1.90. The maximum atomic E-state index is 5.85. The number of nitrogens with two attached hydrogens (primary N) is 1. The van der Waals surface area contributed by atoms with E-state index in [-0.39, 0.29) is 12.6 Å². The van der Waals surface area contributed by atoms with E-state index in [1.165, 1.54) is 0 Å². The van der Waals surface area contributed by atoms with E-state index in [0.29, 0.717) is 23.2 Å². The zero-order valence-electron chi connectivity index (χ0n) is 12.6. The molecule has 21 heavy (non-hydrogen) atoms. The van der Waals surface area contributed by atoms with E-state index < -0.39 is 0 Å². The first kappa shape index (κ1) is 15.3. The molecule has 6 nitrogen and oxygen atoms in total. The monoisotopic (exact) mass is 291 g/mol. The van der Waals surface area contributed by atoms with Gasteiger partial charge in [0.05, 0.1) is 7.11 Å². The van der Waals surface area contributed by atoms with Crippen LogP contribution < -0.4 is 15.2 Å².